The van der Waals surface area contributed by atoms with E-state index < -0.39 is 11.6 Å². The summed E-state index contributed by atoms with van der Waals surface area (Å²) in [6.07, 6.45) is 4.94. The average molecular weight is 340 g/mol. The fourth-order valence-corrected chi connectivity index (χ4v) is 2.85. The molecule has 124 valence electrons. The van der Waals surface area contributed by atoms with Crippen LogP contribution in [0.4, 0.5) is 8.78 Å². The molecule has 0 aliphatic rings. The van der Waals surface area contributed by atoms with Crippen LogP contribution in [0.1, 0.15) is 35.4 Å². The lowest BCUT2D eigenvalue weighted by Crippen LogP contribution is -2.23. The van der Waals surface area contributed by atoms with Gasteiger partial charge >= 0.3 is 0 Å². The summed E-state index contributed by atoms with van der Waals surface area (Å²) < 4.78 is 26.2. The molecule has 0 aliphatic heterocycles. The van der Waals surface area contributed by atoms with E-state index in [1.165, 1.54) is 12.3 Å². The number of rotatable bonds is 8. The average Bonchev–Trinajstić information content (AvgIpc) is 3.03. The van der Waals surface area contributed by atoms with E-state index in [4.69, 9.17) is 5.11 Å². The number of unbranched alkanes of at least 4 members (excludes halogenated alkanes) is 3. The van der Waals surface area contributed by atoms with E-state index in [9.17, 15) is 13.6 Å². The summed E-state index contributed by atoms with van der Waals surface area (Å²) in [6, 6.07) is 3.54. The highest BCUT2D eigenvalue weighted by Crippen LogP contribution is 2.26. The molecular formula is C16H18F2N2O2S. The van der Waals surface area contributed by atoms with Gasteiger partial charge < -0.3 is 10.4 Å². The SMILES string of the molecule is O=C(NCCCCCCO)c1cnc(-c2ccc(F)c(F)c2)s1. The van der Waals surface area contributed by atoms with Crippen molar-refractivity contribution in [2.24, 2.45) is 0 Å². The first-order chi connectivity index (χ1) is 11.1. The number of hydrogen-bond donors (Lipinski definition) is 2. The van der Waals surface area contributed by atoms with Crippen LogP contribution in [0.25, 0.3) is 10.6 Å². The van der Waals surface area contributed by atoms with Crippen molar-refractivity contribution in [3.05, 3.63) is 40.9 Å². The molecule has 23 heavy (non-hydrogen) atoms. The van der Waals surface area contributed by atoms with Gasteiger partial charge in [-0.15, -0.1) is 11.3 Å². The van der Waals surface area contributed by atoms with Crippen LogP contribution in [0.5, 0.6) is 0 Å². The normalized spacial score (nSPS) is 10.7. The van der Waals surface area contributed by atoms with Crippen LogP contribution >= 0.6 is 11.3 Å². The summed E-state index contributed by atoms with van der Waals surface area (Å²) >= 11 is 1.14. The molecule has 0 saturated heterocycles. The lowest BCUT2D eigenvalue weighted by Gasteiger charge is -2.02. The van der Waals surface area contributed by atoms with E-state index in [1.807, 2.05) is 0 Å². The molecule has 0 fully saturated rings. The fourth-order valence-electron chi connectivity index (χ4n) is 2.02. The van der Waals surface area contributed by atoms with Gasteiger partial charge in [0.25, 0.3) is 5.91 Å². The summed E-state index contributed by atoms with van der Waals surface area (Å²) in [5, 5.41) is 11.9. The number of halogens is 2. The number of thiazole rings is 1. The van der Waals surface area contributed by atoms with Crippen LogP contribution in [0, 0.1) is 11.6 Å². The molecule has 2 N–H and O–H groups in total. The molecule has 1 heterocycles. The largest absolute Gasteiger partial charge is 0.396 e. The predicted octanol–water partition coefficient (Wildman–Crippen LogP) is 3.37. The lowest BCUT2D eigenvalue weighted by atomic mass is 10.2. The minimum Gasteiger partial charge on any atom is -0.396 e. The van der Waals surface area contributed by atoms with E-state index in [-0.39, 0.29) is 12.5 Å². The number of aliphatic hydroxyl groups excluding tert-OH is 1. The Morgan fingerprint density at radius 3 is 2.70 bits per heavy atom. The zero-order valence-corrected chi connectivity index (χ0v) is 13.3. The van der Waals surface area contributed by atoms with E-state index in [0.29, 0.717) is 22.0 Å². The molecule has 1 aromatic carbocycles. The quantitative estimate of drug-likeness (QED) is 0.724. The number of carbonyl (C=O) groups is 1. The molecule has 1 aromatic heterocycles. The maximum atomic E-state index is 13.2. The number of nitrogens with one attached hydrogen (secondary N) is 1. The van der Waals surface area contributed by atoms with Crippen LogP contribution in [-0.4, -0.2) is 29.1 Å². The Labute approximate surface area is 137 Å². The van der Waals surface area contributed by atoms with Crippen molar-refractivity contribution in [1.29, 1.82) is 0 Å². The maximum absolute atomic E-state index is 13.2. The first-order valence-electron chi connectivity index (χ1n) is 7.42. The van der Waals surface area contributed by atoms with Crippen molar-refractivity contribution in [2.75, 3.05) is 13.2 Å². The molecule has 0 atom stereocenters. The molecule has 7 heteroatoms. The standard InChI is InChI=1S/C16H18F2N2O2S/c17-12-6-5-11(9-13(12)18)16-20-10-14(23-16)15(22)19-7-3-1-2-4-8-21/h5-6,9-10,21H,1-4,7-8H2,(H,19,22). The topological polar surface area (TPSA) is 62.2 Å². The van der Waals surface area contributed by atoms with Gasteiger partial charge in [0.05, 0.1) is 6.20 Å². The van der Waals surface area contributed by atoms with E-state index >= 15 is 0 Å². The molecule has 2 rings (SSSR count). The maximum Gasteiger partial charge on any atom is 0.263 e. The summed E-state index contributed by atoms with van der Waals surface area (Å²) in [6.45, 7) is 0.753. The highest BCUT2D eigenvalue weighted by molar-refractivity contribution is 7.16. The zero-order valence-electron chi connectivity index (χ0n) is 12.5. The molecule has 0 saturated carbocycles. The van der Waals surface area contributed by atoms with Crippen molar-refractivity contribution in [1.82, 2.24) is 10.3 Å². The third-order valence-corrected chi connectivity index (χ3v) is 4.31. The number of carbonyl (C=O) groups excluding carboxylic acids is 1. The van der Waals surface area contributed by atoms with Gasteiger partial charge in [-0.1, -0.05) is 12.8 Å². The first-order valence-corrected chi connectivity index (χ1v) is 8.24. The minimum absolute atomic E-state index is 0.194. The van der Waals surface area contributed by atoms with Crippen molar-refractivity contribution in [3.8, 4) is 10.6 Å². The number of benzene rings is 1. The summed E-state index contributed by atoms with van der Waals surface area (Å²) in [4.78, 5) is 16.5. The van der Waals surface area contributed by atoms with Gasteiger partial charge in [0.15, 0.2) is 11.6 Å². The molecule has 2 aromatic rings. The number of amides is 1. The zero-order chi connectivity index (χ0) is 16.7. The van der Waals surface area contributed by atoms with E-state index in [1.54, 1.807) is 0 Å². The molecule has 0 aliphatic carbocycles. The third-order valence-electron chi connectivity index (χ3n) is 3.27. The summed E-state index contributed by atoms with van der Waals surface area (Å²) in [7, 11) is 0. The second kappa shape index (κ2) is 8.69. The predicted molar refractivity (Wildman–Crippen MR) is 85.4 cm³/mol. The Hall–Kier alpha value is -1.86. The molecule has 0 radical (unpaired) electrons. The van der Waals surface area contributed by atoms with E-state index in [0.717, 1.165) is 49.2 Å². The van der Waals surface area contributed by atoms with Crippen LogP contribution in [0.2, 0.25) is 0 Å². The van der Waals surface area contributed by atoms with Crippen molar-refractivity contribution in [2.45, 2.75) is 25.7 Å². The Kier molecular flexibility index (Phi) is 6.61. The van der Waals surface area contributed by atoms with Gasteiger partial charge in [-0.25, -0.2) is 13.8 Å². The van der Waals surface area contributed by atoms with Crippen LogP contribution in [0.3, 0.4) is 0 Å². The number of aromatic nitrogens is 1. The number of aliphatic hydroxyl groups is 1. The molecule has 1 amide bonds. The van der Waals surface area contributed by atoms with Gasteiger partial charge in [-0.05, 0) is 31.0 Å². The third kappa shape index (κ3) is 5.07. The second-order valence-corrected chi connectivity index (χ2v) is 6.08. The highest BCUT2D eigenvalue weighted by Gasteiger charge is 2.12. The Balaban J connectivity index is 1.88. The smallest absolute Gasteiger partial charge is 0.263 e. The van der Waals surface area contributed by atoms with Crippen molar-refractivity contribution in [3.63, 3.8) is 0 Å². The summed E-state index contributed by atoms with van der Waals surface area (Å²) in [5.41, 5.74) is 0.442. The molecule has 0 unspecified atom stereocenters. The van der Waals surface area contributed by atoms with Crippen LogP contribution < -0.4 is 5.32 Å². The van der Waals surface area contributed by atoms with Gasteiger partial charge in [0.2, 0.25) is 0 Å². The van der Waals surface area contributed by atoms with Gasteiger partial charge in [-0.3, -0.25) is 4.79 Å². The summed E-state index contributed by atoms with van der Waals surface area (Å²) in [5.74, 6) is -2.07. The van der Waals surface area contributed by atoms with Gasteiger partial charge in [-0.2, -0.15) is 0 Å². The Bertz CT molecular complexity index is 661. The number of nitrogens with zero attached hydrogens (tertiary/aromatic N) is 1. The molecular weight excluding hydrogens is 322 g/mol. The highest BCUT2D eigenvalue weighted by atomic mass is 32.1. The Morgan fingerprint density at radius 2 is 1.96 bits per heavy atom. The lowest BCUT2D eigenvalue weighted by molar-refractivity contribution is 0.0956. The second-order valence-electron chi connectivity index (χ2n) is 5.05. The molecule has 0 spiro atoms. The van der Waals surface area contributed by atoms with Crippen LogP contribution in [0.15, 0.2) is 24.4 Å². The number of hydrogen-bond acceptors (Lipinski definition) is 4. The monoisotopic (exact) mass is 340 g/mol. The van der Waals surface area contributed by atoms with Gasteiger partial charge in [0, 0.05) is 18.7 Å². The van der Waals surface area contributed by atoms with Crippen molar-refractivity contribution >= 4 is 17.2 Å². The van der Waals surface area contributed by atoms with Gasteiger partial charge in [0.1, 0.15) is 9.88 Å². The fraction of sp³-hybridized carbons (Fsp3) is 0.375. The van der Waals surface area contributed by atoms with Crippen LogP contribution in [-0.2, 0) is 0 Å². The molecule has 4 nitrogen and oxygen atoms in total. The molecule has 0 bridgehead atoms. The first kappa shape index (κ1) is 17.5. The Morgan fingerprint density at radius 1 is 1.17 bits per heavy atom. The minimum atomic E-state index is -0.938. The van der Waals surface area contributed by atoms with Crippen molar-refractivity contribution < 1.29 is 18.7 Å². The van der Waals surface area contributed by atoms with E-state index in [2.05, 4.69) is 10.3 Å².